The van der Waals surface area contributed by atoms with Crippen molar-refractivity contribution in [1.29, 1.82) is 0 Å². The lowest BCUT2D eigenvalue weighted by molar-refractivity contribution is -0.183. The summed E-state index contributed by atoms with van der Waals surface area (Å²) in [5.74, 6) is -0.404. The number of esters is 1. The first kappa shape index (κ1) is 112. The minimum Gasteiger partial charge on any atom is -0.435 e. The van der Waals surface area contributed by atoms with Gasteiger partial charge in [-0.15, -0.1) is 0 Å². The van der Waals surface area contributed by atoms with Crippen LogP contribution in [0.4, 0.5) is 26.3 Å². The summed E-state index contributed by atoms with van der Waals surface area (Å²) in [4.78, 5) is 10.8. The van der Waals surface area contributed by atoms with Crippen molar-refractivity contribution in [2.45, 2.75) is 182 Å². The van der Waals surface area contributed by atoms with Crippen LogP contribution in [-0.4, -0.2) is 69.8 Å². The van der Waals surface area contributed by atoms with Crippen LogP contribution >= 0.6 is 0 Å². The lowest BCUT2D eigenvalue weighted by Crippen LogP contribution is -2.25. The summed E-state index contributed by atoms with van der Waals surface area (Å²) in [6.45, 7) is 16.0. The highest BCUT2D eigenvalue weighted by Gasteiger charge is 2.39. The standard InChI is InChI=1S/C9H16O3.C5H12O2.C3H3F5.C2H6B.C2H5F.12CH4/c1-5-8(4)11-6-12-9(10)7(2)3;1-3-5(2)7-4-6;4-1-2(5)3(6,7)8;1-3-2;1-2-3;;;;;;;;;;;;/h8H,2,5-6H2,1,3-4H3;5-6H,3-4H2,1-2H3;2H,1H2;1-2H3;2H2,1H3;12*1H4. The highest BCUT2D eigenvalue weighted by molar-refractivity contribution is 6.31. The van der Waals surface area contributed by atoms with Crippen LogP contribution in [0.1, 0.15) is 144 Å². The van der Waals surface area contributed by atoms with Gasteiger partial charge in [-0.25, -0.2) is 13.6 Å². The number of halogens is 6. The first-order valence-electron chi connectivity index (χ1n) is 10.4. The largest absolute Gasteiger partial charge is 0.435 e. The Balaban J connectivity index is -0.0000000145. The molecule has 0 rings (SSSR count). The maximum atomic E-state index is 11.1. The molecule has 0 aromatic heterocycles. The lowest BCUT2D eigenvalue weighted by atomic mass is 9.88. The summed E-state index contributed by atoms with van der Waals surface area (Å²) < 4.78 is 79.3. The molecule has 0 aliphatic heterocycles. The van der Waals surface area contributed by atoms with Crippen molar-refractivity contribution in [3.63, 3.8) is 0 Å². The van der Waals surface area contributed by atoms with Gasteiger partial charge in [0, 0.05) is 5.57 Å². The normalized spacial score (nSPS) is 9.04. The van der Waals surface area contributed by atoms with Gasteiger partial charge in [-0.2, -0.15) is 13.2 Å². The van der Waals surface area contributed by atoms with Crippen molar-refractivity contribution in [1.82, 2.24) is 0 Å². The SMILES string of the molecule is C.C.C.C.C.C.C.C.C.C.C.C.C=C(C)C(=O)OCOC(C)CC.CCC(C)OCO.CCF.C[B]C.FCC(F)C(F)(F)F. The number of hydrogen-bond donors (Lipinski definition) is 1. The van der Waals surface area contributed by atoms with Gasteiger partial charge in [0.05, 0.1) is 18.9 Å². The predicted molar refractivity (Wildman–Crippen MR) is 201 cm³/mol. The topological polar surface area (TPSA) is 65.0 Å². The molecule has 12 heteroatoms. The molecule has 5 nitrogen and oxygen atoms in total. The Morgan fingerprint density at radius 3 is 1.18 bits per heavy atom. The van der Waals surface area contributed by atoms with Crippen molar-refractivity contribution in [3.05, 3.63) is 12.2 Å². The maximum absolute atomic E-state index is 11.1. The average Bonchev–Trinajstić information content (AvgIpc) is 2.74. The van der Waals surface area contributed by atoms with Crippen LogP contribution in [0, 0.1) is 0 Å². The molecule has 0 amide bonds. The number of carbonyl (C=O) groups excluding carboxylic acids is 1. The molecule has 3 unspecified atom stereocenters. The average molecular weight is 692 g/mol. The van der Waals surface area contributed by atoms with Gasteiger partial charge in [-0.1, -0.05) is 123 Å². The van der Waals surface area contributed by atoms with E-state index in [1.807, 2.05) is 48.6 Å². The van der Waals surface area contributed by atoms with Gasteiger partial charge in [0.15, 0.2) is 6.79 Å². The van der Waals surface area contributed by atoms with Crippen LogP contribution in [0.3, 0.4) is 0 Å². The predicted octanol–water partition coefficient (Wildman–Crippen LogP) is 13.9. The Hall–Kier alpha value is -1.27. The smallest absolute Gasteiger partial charge is 0.422 e. The van der Waals surface area contributed by atoms with Crippen molar-refractivity contribution in [3.8, 4) is 0 Å². The molecular formula is C33H90BF6O5. The van der Waals surface area contributed by atoms with E-state index in [2.05, 4.69) is 6.58 Å². The molecule has 297 valence electrons. The number of hydrogen-bond acceptors (Lipinski definition) is 5. The van der Waals surface area contributed by atoms with E-state index in [9.17, 15) is 31.1 Å². The monoisotopic (exact) mass is 692 g/mol. The van der Waals surface area contributed by atoms with Gasteiger partial charge >= 0.3 is 12.1 Å². The molecule has 0 bridgehead atoms. The van der Waals surface area contributed by atoms with E-state index < -0.39 is 25.0 Å². The molecule has 3 atom stereocenters. The van der Waals surface area contributed by atoms with E-state index in [0.29, 0.717) is 5.57 Å². The highest BCUT2D eigenvalue weighted by atomic mass is 19.4. The van der Waals surface area contributed by atoms with Crippen LogP contribution in [0.15, 0.2) is 12.2 Å². The van der Waals surface area contributed by atoms with Gasteiger partial charge in [-0.3, -0.25) is 4.39 Å². The van der Waals surface area contributed by atoms with Crippen LogP contribution in [0.5, 0.6) is 0 Å². The highest BCUT2D eigenvalue weighted by Crippen LogP contribution is 2.22. The van der Waals surface area contributed by atoms with E-state index in [1.54, 1.807) is 6.92 Å². The van der Waals surface area contributed by atoms with Gasteiger partial charge in [0.1, 0.15) is 20.7 Å². The Morgan fingerprint density at radius 1 is 0.778 bits per heavy atom. The zero-order valence-electron chi connectivity index (χ0n) is 21.1. The molecule has 45 heavy (non-hydrogen) atoms. The van der Waals surface area contributed by atoms with Gasteiger partial charge in [-0.05, 0) is 40.5 Å². The third-order valence-corrected chi connectivity index (χ3v) is 2.89. The fourth-order valence-electron chi connectivity index (χ4n) is 0.777. The minimum atomic E-state index is -5.03. The molecule has 0 aliphatic carbocycles. The second kappa shape index (κ2) is 84.2. The molecule has 1 radical (unpaired) electrons. The summed E-state index contributed by atoms with van der Waals surface area (Å²) in [5, 5.41) is 8.15. The molecule has 0 saturated heterocycles. The van der Waals surface area contributed by atoms with Crippen LogP contribution in [0.2, 0.25) is 13.6 Å². The third kappa shape index (κ3) is 126. The molecule has 0 fully saturated rings. The number of carbonyl (C=O) groups is 1. The molecule has 0 aromatic carbocycles. The number of alkyl halides is 6. The Labute approximate surface area is 284 Å². The van der Waals surface area contributed by atoms with E-state index in [-0.39, 0.29) is 122 Å². The molecular weight excluding hydrogens is 601 g/mol. The molecule has 0 spiro atoms. The van der Waals surface area contributed by atoms with E-state index in [0.717, 1.165) is 12.8 Å². The first-order valence-corrected chi connectivity index (χ1v) is 10.4. The number of aliphatic hydroxyl groups excluding tert-OH is 1. The summed E-state index contributed by atoms with van der Waals surface area (Å²) in [6.07, 6.45) is -6.16. The van der Waals surface area contributed by atoms with E-state index in [4.69, 9.17) is 19.3 Å². The summed E-state index contributed by atoms with van der Waals surface area (Å²) in [7, 11) is 2.00. The maximum Gasteiger partial charge on any atom is 0.422 e. The Kier molecular flexibility index (Phi) is 209. The lowest BCUT2D eigenvalue weighted by Gasteiger charge is -2.10. The summed E-state index contributed by atoms with van der Waals surface area (Å²) >= 11 is 0. The van der Waals surface area contributed by atoms with Crippen molar-refractivity contribution >= 4 is 13.2 Å². The zero-order chi connectivity index (χ0) is 27.5. The fourth-order valence-corrected chi connectivity index (χ4v) is 0.777. The van der Waals surface area contributed by atoms with Crippen LogP contribution in [-0.2, 0) is 19.0 Å². The van der Waals surface area contributed by atoms with Crippen molar-refractivity contribution in [2.24, 2.45) is 0 Å². The van der Waals surface area contributed by atoms with Crippen molar-refractivity contribution < 1.29 is 50.5 Å². The molecule has 0 saturated carbocycles. The first-order chi connectivity index (χ1) is 15.2. The minimum absolute atomic E-state index is 0. The van der Waals surface area contributed by atoms with Gasteiger partial charge < -0.3 is 19.3 Å². The third-order valence-electron chi connectivity index (χ3n) is 2.89. The van der Waals surface area contributed by atoms with E-state index >= 15 is 0 Å². The summed E-state index contributed by atoms with van der Waals surface area (Å²) in [5.41, 5.74) is 0.391. The fraction of sp³-hybridized carbons (Fsp3) is 0.909. The van der Waals surface area contributed by atoms with Crippen LogP contribution < -0.4 is 0 Å². The molecule has 1 N–H and O–H groups in total. The van der Waals surface area contributed by atoms with E-state index in [1.165, 1.54) is 6.92 Å². The number of ether oxygens (including phenoxy) is 3. The summed E-state index contributed by atoms with van der Waals surface area (Å²) in [6, 6.07) is 0. The number of aliphatic hydroxyl groups is 1. The second-order valence-corrected chi connectivity index (χ2v) is 6.24. The zero-order valence-corrected chi connectivity index (χ0v) is 21.1. The quantitative estimate of drug-likeness (QED) is 0.0857. The van der Waals surface area contributed by atoms with Crippen LogP contribution in [0.25, 0.3) is 0 Å². The van der Waals surface area contributed by atoms with Gasteiger partial charge in [0.2, 0.25) is 6.17 Å². The Morgan fingerprint density at radius 2 is 1.04 bits per heavy atom. The molecule has 0 aromatic rings. The second-order valence-electron chi connectivity index (χ2n) is 6.24. The molecule has 0 heterocycles. The van der Waals surface area contributed by atoms with Crippen molar-refractivity contribution in [2.75, 3.05) is 26.9 Å². The van der Waals surface area contributed by atoms with Gasteiger partial charge in [0.25, 0.3) is 0 Å². The Bertz CT molecular complexity index is 420. The molecule has 0 aliphatic rings. The number of rotatable bonds is 9.